The minimum atomic E-state index is -1.26. The van der Waals surface area contributed by atoms with Gasteiger partial charge in [0.25, 0.3) is 0 Å². The number of carbonyl (C=O) groups excluding carboxylic acids is 1. The number of aliphatic hydroxyl groups is 2. The molecule has 0 aliphatic heterocycles. The molecule has 0 aliphatic rings. The van der Waals surface area contributed by atoms with Gasteiger partial charge in [0.15, 0.2) is 0 Å². The Morgan fingerprint density at radius 2 is 1.82 bits per heavy atom. The molecule has 0 aromatic carbocycles. The predicted molar refractivity (Wildman–Crippen MR) is 59.2 cm³/mol. The number of aliphatic hydroxyl groups excluding tert-OH is 2. The first-order valence-corrected chi connectivity index (χ1v) is 5.19. The third-order valence-corrected chi connectivity index (χ3v) is 2.62. The molecule has 98 valence electrons. The predicted octanol–water partition coefficient (Wildman–Crippen LogP) is -0.0585. The SMILES string of the molecule is C=C(CC(=O)OCC(CC)(CO)CO)C(=O)O. The fourth-order valence-electron chi connectivity index (χ4n) is 1.00. The lowest BCUT2D eigenvalue weighted by atomic mass is 9.88. The minimum absolute atomic E-state index is 0.151. The van der Waals surface area contributed by atoms with Gasteiger partial charge in [-0.3, -0.25) is 4.79 Å². The summed E-state index contributed by atoms with van der Waals surface area (Å²) < 4.78 is 4.82. The van der Waals surface area contributed by atoms with Crippen molar-refractivity contribution < 1.29 is 29.6 Å². The molecule has 6 nitrogen and oxygen atoms in total. The summed E-state index contributed by atoms with van der Waals surface area (Å²) >= 11 is 0. The Bertz CT molecular complexity index is 284. The summed E-state index contributed by atoms with van der Waals surface area (Å²) in [7, 11) is 0. The van der Waals surface area contributed by atoms with Gasteiger partial charge in [-0.2, -0.15) is 0 Å². The fraction of sp³-hybridized carbons (Fsp3) is 0.636. The Labute approximate surface area is 99.5 Å². The highest BCUT2D eigenvalue weighted by molar-refractivity contribution is 5.91. The second kappa shape index (κ2) is 7.03. The van der Waals surface area contributed by atoms with Gasteiger partial charge in [0.2, 0.25) is 0 Å². The summed E-state index contributed by atoms with van der Waals surface area (Å²) in [6, 6.07) is 0. The second-order valence-corrected chi connectivity index (χ2v) is 3.92. The number of carboxylic acid groups (broad SMARTS) is 1. The molecule has 0 atom stereocenters. The zero-order valence-corrected chi connectivity index (χ0v) is 9.81. The second-order valence-electron chi connectivity index (χ2n) is 3.92. The molecule has 0 saturated carbocycles. The van der Waals surface area contributed by atoms with Crippen LogP contribution in [0.5, 0.6) is 0 Å². The van der Waals surface area contributed by atoms with E-state index in [0.29, 0.717) is 6.42 Å². The lowest BCUT2D eigenvalue weighted by Gasteiger charge is -2.27. The van der Waals surface area contributed by atoms with Crippen LogP contribution in [0.25, 0.3) is 0 Å². The smallest absolute Gasteiger partial charge is 0.331 e. The van der Waals surface area contributed by atoms with E-state index in [9.17, 15) is 9.59 Å². The Morgan fingerprint density at radius 3 is 2.18 bits per heavy atom. The molecule has 0 radical (unpaired) electrons. The molecule has 0 aromatic rings. The van der Waals surface area contributed by atoms with Crippen molar-refractivity contribution in [1.82, 2.24) is 0 Å². The number of aliphatic carboxylic acids is 1. The zero-order valence-electron chi connectivity index (χ0n) is 9.81. The molecule has 0 bridgehead atoms. The summed E-state index contributed by atoms with van der Waals surface area (Å²) in [5.41, 5.74) is -1.13. The standard InChI is InChI=1S/C11H18O6/c1-3-11(5-12,6-13)7-17-9(14)4-8(2)10(15)16/h12-13H,2-7H2,1H3,(H,15,16). The van der Waals surface area contributed by atoms with Crippen LogP contribution in [-0.4, -0.2) is 47.1 Å². The van der Waals surface area contributed by atoms with Crippen LogP contribution in [0, 0.1) is 5.41 Å². The Balaban J connectivity index is 4.23. The van der Waals surface area contributed by atoms with E-state index < -0.39 is 23.8 Å². The van der Waals surface area contributed by atoms with E-state index in [4.69, 9.17) is 20.1 Å². The molecular weight excluding hydrogens is 228 g/mol. The summed E-state index contributed by atoms with van der Waals surface area (Å²) in [6.45, 7) is 4.17. The topological polar surface area (TPSA) is 104 Å². The van der Waals surface area contributed by atoms with Crippen LogP contribution < -0.4 is 0 Å². The fourth-order valence-corrected chi connectivity index (χ4v) is 1.00. The van der Waals surface area contributed by atoms with Crippen LogP contribution >= 0.6 is 0 Å². The normalized spacial score (nSPS) is 11.0. The van der Waals surface area contributed by atoms with Crippen molar-refractivity contribution in [2.75, 3.05) is 19.8 Å². The third-order valence-electron chi connectivity index (χ3n) is 2.62. The minimum Gasteiger partial charge on any atom is -0.478 e. The molecule has 0 rings (SSSR count). The van der Waals surface area contributed by atoms with Crippen LogP contribution in [-0.2, 0) is 14.3 Å². The van der Waals surface area contributed by atoms with Crippen LogP contribution in [0.3, 0.4) is 0 Å². The maximum absolute atomic E-state index is 11.2. The zero-order chi connectivity index (χ0) is 13.5. The van der Waals surface area contributed by atoms with Crippen molar-refractivity contribution in [2.24, 2.45) is 5.41 Å². The van der Waals surface area contributed by atoms with E-state index in [1.54, 1.807) is 6.92 Å². The quantitative estimate of drug-likeness (QED) is 0.409. The van der Waals surface area contributed by atoms with E-state index in [-0.39, 0.29) is 25.4 Å². The van der Waals surface area contributed by atoms with E-state index in [0.717, 1.165) is 0 Å². The first-order valence-electron chi connectivity index (χ1n) is 5.19. The van der Waals surface area contributed by atoms with Crippen LogP contribution in [0.15, 0.2) is 12.2 Å². The number of rotatable bonds is 8. The van der Waals surface area contributed by atoms with Crippen molar-refractivity contribution in [1.29, 1.82) is 0 Å². The number of carbonyl (C=O) groups is 2. The lowest BCUT2D eigenvalue weighted by molar-refractivity contribution is -0.150. The molecule has 0 spiro atoms. The molecule has 0 fully saturated rings. The van der Waals surface area contributed by atoms with Gasteiger partial charge in [0, 0.05) is 5.57 Å². The number of ether oxygens (including phenoxy) is 1. The van der Waals surface area contributed by atoms with Gasteiger partial charge in [0.05, 0.1) is 25.0 Å². The number of hydrogen-bond acceptors (Lipinski definition) is 5. The van der Waals surface area contributed by atoms with Crippen molar-refractivity contribution in [3.63, 3.8) is 0 Å². The summed E-state index contributed by atoms with van der Waals surface area (Å²) in [4.78, 5) is 21.7. The first-order chi connectivity index (χ1) is 7.90. The van der Waals surface area contributed by atoms with E-state index in [1.165, 1.54) is 0 Å². The summed E-state index contributed by atoms with van der Waals surface area (Å²) in [5.74, 6) is -2.00. The van der Waals surface area contributed by atoms with E-state index in [2.05, 4.69) is 6.58 Å². The van der Waals surface area contributed by atoms with Gasteiger partial charge >= 0.3 is 11.9 Å². The maximum Gasteiger partial charge on any atom is 0.331 e. The lowest BCUT2D eigenvalue weighted by Crippen LogP contribution is -2.35. The molecule has 6 heteroatoms. The van der Waals surface area contributed by atoms with Gasteiger partial charge in [-0.25, -0.2) is 4.79 Å². The summed E-state index contributed by atoms with van der Waals surface area (Å²) in [5, 5.41) is 26.7. The number of esters is 1. The van der Waals surface area contributed by atoms with E-state index >= 15 is 0 Å². The Kier molecular flexibility index (Phi) is 6.45. The van der Waals surface area contributed by atoms with E-state index in [1.807, 2.05) is 0 Å². The average molecular weight is 246 g/mol. The largest absolute Gasteiger partial charge is 0.478 e. The van der Waals surface area contributed by atoms with Gasteiger partial charge in [0.1, 0.15) is 6.61 Å². The molecule has 0 unspecified atom stereocenters. The molecule has 0 aliphatic carbocycles. The van der Waals surface area contributed by atoms with Crippen molar-refractivity contribution in [3.8, 4) is 0 Å². The number of carboxylic acids is 1. The highest BCUT2D eigenvalue weighted by Gasteiger charge is 2.28. The van der Waals surface area contributed by atoms with Crippen LogP contribution in [0.1, 0.15) is 19.8 Å². The molecular formula is C11H18O6. The van der Waals surface area contributed by atoms with Crippen LogP contribution in [0.2, 0.25) is 0 Å². The number of hydrogen-bond donors (Lipinski definition) is 3. The molecule has 0 aromatic heterocycles. The van der Waals surface area contributed by atoms with Gasteiger partial charge in [-0.1, -0.05) is 13.5 Å². The van der Waals surface area contributed by atoms with Crippen molar-refractivity contribution in [2.45, 2.75) is 19.8 Å². The van der Waals surface area contributed by atoms with Crippen molar-refractivity contribution in [3.05, 3.63) is 12.2 Å². The Hall–Kier alpha value is -1.40. The van der Waals surface area contributed by atoms with Gasteiger partial charge < -0.3 is 20.1 Å². The molecule has 17 heavy (non-hydrogen) atoms. The highest BCUT2D eigenvalue weighted by atomic mass is 16.5. The molecule has 0 saturated heterocycles. The maximum atomic E-state index is 11.2. The summed E-state index contributed by atoms with van der Waals surface area (Å²) in [6.07, 6.45) is 0.0269. The molecule has 0 heterocycles. The Morgan fingerprint density at radius 1 is 1.29 bits per heavy atom. The third kappa shape index (κ3) is 4.97. The first kappa shape index (κ1) is 15.6. The molecule has 3 N–H and O–H groups in total. The average Bonchev–Trinajstić information content (AvgIpc) is 2.31. The van der Waals surface area contributed by atoms with Gasteiger partial charge in [-0.05, 0) is 6.42 Å². The van der Waals surface area contributed by atoms with Crippen LogP contribution in [0.4, 0.5) is 0 Å². The monoisotopic (exact) mass is 246 g/mol. The highest BCUT2D eigenvalue weighted by Crippen LogP contribution is 2.21. The van der Waals surface area contributed by atoms with Crippen molar-refractivity contribution >= 4 is 11.9 Å². The van der Waals surface area contributed by atoms with Gasteiger partial charge in [-0.15, -0.1) is 0 Å². The molecule has 0 amide bonds.